The Kier molecular flexibility index (Phi) is 4.04. The lowest BCUT2D eigenvalue weighted by atomic mass is 10.1. The normalized spacial score (nSPS) is 19.2. The van der Waals surface area contributed by atoms with E-state index in [4.69, 9.17) is 23.2 Å². The molecule has 0 radical (unpaired) electrons. The number of nitrogens with one attached hydrogen (secondary N) is 2. The summed E-state index contributed by atoms with van der Waals surface area (Å²) in [6.07, 6.45) is 1.43. The number of carbonyl (C=O) groups excluding carboxylic acids is 2. The molecule has 2 N–H and O–H groups in total. The van der Waals surface area contributed by atoms with Gasteiger partial charge in [-0.1, -0.05) is 23.2 Å². The highest BCUT2D eigenvalue weighted by Crippen LogP contribution is 2.17. The van der Waals surface area contributed by atoms with Gasteiger partial charge in [0, 0.05) is 6.54 Å². The first kappa shape index (κ1) is 13.1. The Morgan fingerprint density at radius 3 is 2.94 bits per heavy atom. The van der Waals surface area contributed by atoms with E-state index in [1.807, 2.05) is 0 Å². The predicted molar refractivity (Wildman–Crippen MR) is 67.8 cm³/mol. The third-order valence-corrected chi connectivity index (χ3v) is 3.13. The van der Waals surface area contributed by atoms with Gasteiger partial charge in [0.25, 0.3) is 5.91 Å². The highest BCUT2D eigenvalue weighted by molar-refractivity contribution is 6.34. The number of nitrogens with zero attached hydrogens (tertiary/aromatic N) is 1. The van der Waals surface area contributed by atoms with Crippen LogP contribution in [-0.2, 0) is 4.79 Å². The Morgan fingerprint density at radius 1 is 1.44 bits per heavy atom. The molecule has 1 aromatic heterocycles. The van der Waals surface area contributed by atoms with Gasteiger partial charge in [-0.15, -0.1) is 0 Å². The summed E-state index contributed by atoms with van der Waals surface area (Å²) in [5.41, 5.74) is 0.0301. The Balaban J connectivity index is 2.11. The van der Waals surface area contributed by atoms with Crippen LogP contribution in [0.2, 0.25) is 10.2 Å². The van der Waals surface area contributed by atoms with Gasteiger partial charge in [0.05, 0.1) is 5.02 Å². The average Bonchev–Trinajstić information content (AvgIpc) is 2.35. The van der Waals surface area contributed by atoms with E-state index in [1.165, 1.54) is 12.1 Å². The number of halogens is 2. The number of aromatic nitrogens is 1. The summed E-state index contributed by atoms with van der Waals surface area (Å²) < 4.78 is 0. The predicted octanol–water partition coefficient (Wildman–Crippen LogP) is 1.40. The van der Waals surface area contributed by atoms with Crippen LogP contribution < -0.4 is 10.6 Å². The monoisotopic (exact) mass is 287 g/mol. The summed E-state index contributed by atoms with van der Waals surface area (Å²) in [5.74, 6) is -0.683. The minimum absolute atomic E-state index is 0.0301. The van der Waals surface area contributed by atoms with E-state index in [1.54, 1.807) is 0 Å². The van der Waals surface area contributed by atoms with Crippen LogP contribution in [0.3, 0.4) is 0 Å². The topological polar surface area (TPSA) is 71.1 Å². The molecule has 1 aliphatic heterocycles. The number of pyridine rings is 1. The number of amides is 2. The molecule has 1 aliphatic rings. The Labute approximate surface area is 114 Å². The smallest absolute Gasteiger partial charge is 0.272 e. The maximum Gasteiger partial charge on any atom is 0.272 e. The number of hydrogen-bond acceptors (Lipinski definition) is 3. The standard InChI is InChI=1S/C11H11Cl2N3O2/c12-6-3-4-8(13)16-9(6)11(18)15-7-2-1-5-14-10(7)17/h3-4,7H,1-2,5H2,(H,14,17)(H,15,18). The first-order valence-electron chi connectivity index (χ1n) is 5.48. The summed E-state index contributed by atoms with van der Waals surface area (Å²) >= 11 is 11.6. The molecule has 7 heteroatoms. The lowest BCUT2D eigenvalue weighted by molar-refractivity contribution is -0.124. The summed E-state index contributed by atoms with van der Waals surface area (Å²) in [6, 6.07) is 2.45. The molecule has 0 bridgehead atoms. The molecule has 2 rings (SSSR count). The maximum absolute atomic E-state index is 11.9. The van der Waals surface area contributed by atoms with Gasteiger partial charge in [0.2, 0.25) is 5.91 Å². The van der Waals surface area contributed by atoms with E-state index in [-0.39, 0.29) is 21.8 Å². The molecule has 96 valence electrons. The van der Waals surface area contributed by atoms with Crippen molar-refractivity contribution < 1.29 is 9.59 Å². The summed E-state index contributed by atoms with van der Waals surface area (Å²) in [5, 5.41) is 5.66. The van der Waals surface area contributed by atoms with Crippen molar-refractivity contribution in [3.63, 3.8) is 0 Å². The van der Waals surface area contributed by atoms with E-state index < -0.39 is 11.9 Å². The molecule has 0 spiro atoms. The van der Waals surface area contributed by atoms with Crippen molar-refractivity contribution in [3.8, 4) is 0 Å². The van der Waals surface area contributed by atoms with Gasteiger partial charge in [-0.05, 0) is 25.0 Å². The first-order chi connectivity index (χ1) is 8.58. The van der Waals surface area contributed by atoms with Crippen molar-refractivity contribution in [3.05, 3.63) is 28.0 Å². The largest absolute Gasteiger partial charge is 0.354 e. The van der Waals surface area contributed by atoms with Crippen molar-refractivity contribution in [1.29, 1.82) is 0 Å². The summed E-state index contributed by atoms with van der Waals surface area (Å²) in [7, 11) is 0. The zero-order valence-corrected chi connectivity index (χ0v) is 10.9. The molecule has 1 unspecified atom stereocenters. The molecule has 2 heterocycles. The first-order valence-corrected chi connectivity index (χ1v) is 6.24. The van der Waals surface area contributed by atoms with Crippen molar-refractivity contribution >= 4 is 35.0 Å². The van der Waals surface area contributed by atoms with Crippen molar-refractivity contribution in [2.45, 2.75) is 18.9 Å². The van der Waals surface area contributed by atoms with Crippen LogP contribution in [0.4, 0.5) is 0 Å². The van der Waals surface area contributed by atoms with Crippen LogP contribution in [-0.4, -0.2) is 29.4 Å². The van der Waals surface area contributed by atoms with Crippen LogP contribution in [0.5, 0.6) is 0 Å². The molecular formula is C11H11Cl2N3O2. The molecule has 2 amide bonds. The number of carbonyl (C=O) groups is 2. The minimum Gasteiger partial charge on any atom is -0.354 e. The Morgan fingerprint density at radius 2 is 2.22 bits per heavy atom. The van der Waals surface area contributed by atoms with Gasteiger partial charge in [0.15, 0.2) is 0 Å². The zero-order valence-electron chi connectivity index (χ0n) is 9.37. The van der Waals surface area contributed by atoms with E-state index in [9.17, 15) is 9.59 Å². The third kappa shape index (κ3) is 2.91. The molecule has 1 atom stereocenters. The molecule has 0 aliphatic carbocycles. The van der Waals surface area contributed by atoms with Gasteiger partial charge >= 0.3 is 0 Å². The van der Waals surface area contributed by atoms with Gasteiger partial charge in [-0.3, -0.25) is 9.59 Å². The van der Waals surface area contributed by atoms with Crippen LogP contribution in [0.15, 0.2) is 12.1 Å². The quantitative estimate of drug-likeness (QED) is 0.808. The molecule has 5 nitrogen and oxygen atoms in total. The Bertz CT molecular complexity index is 493. The average molecular weight is 288 g/mol. The molecule has 1 aromatic rings. The fourth-order valence-corrected chi connectivity index (χ4v) is 2.05. The van der Waals surface area contributed by atoms with Gasteiger partial charge in [0.1, 0.15) is 16.9 Å². The molecule has 18 heavy (non-hydrogen) atoms. The van der Waals surface area contributed by atoms with Crippen molar-refractivity contribution in [2.24, 2.45) is 0 Å². The number of rotatable bonds is 2. The van der Waals surface area contributed by atoms with Crippen molar-refractivity contribution in [1.82, 2.24) is 15.6 Å². The summed E-state index contributed by atoms with van der Waals surface area (Å²) in [4.78, 5) is 27.3. The van der Waals surface area contributed by atoms with E-state index in [0.29, 0.717) is 13.0 Å². The second kappa shape index (κ2) is 5.54. The van der Waals surface area contributed by atoms with Gasteiger partial charge < -0.3 is 10.6 Å². The highest BCUT2D eigenvalue weighted by Gasteiger charge is 2.25. The molecule has 1 fully saturated rings. The second-order valence-corrected chi connectivity index (χ2v) is 4.72. The Hall–Kier alpha value is -1.33. The fourth-order valence-electron chi connectivity index (χ4n) is 1.71. The maximum atomic E-state index is 11.9. The van der Waals surface area contributed by atoms with Crippen LogP contribution in [0.25, 0.3) is 0 Å². The lowest BCUT2D eigenvalue weighted by Gasteiger charge is -2.22. The molecular weight excluding hydrogens is 277 g/mol. The van der Waals surface area contributed by atoms with Crippen LogP contribution >= 0.6 is 23.2 Å². The molecule has 1 saturated heterocycles. The zero-order chi connectivity index (χ0) is 13.1. The third-order valence-electron chi connectivity index (χ3n) is 2.62. The minimum atomic E-state index is -0.539. The van der Waals surface area contributed by atoms with E-state index in [0.717, 1.165) is 6.42 Å². The second-order valence-electron chi connectivity index (χ2n) is 3.92. The summed E-state index contributed by atoms with van der Waals surface area (Å²) in [6.45, 7) is 0.640. The van der Waals surface area contributed by atoms with E-state index >= 15 is 0 Å². The molecule has 0 aromatic carbocycles. The van der Waals surface area contributed by atoms with Gasteiger partial charge in [-0.2, -0.15) is 0 Å². The van der Waals surface area contributed by atoms with Gasteiger partial charge in [-0.25, -0.2) is 4.98 Å². The fraction of sp³-hybridized carbons (Fsp3) is 0.364. The van der Waals surface area contributed by atoms with Crippen LogP contribution in [0, 0.1) is 0 Å². The number of piperidine rings is 1. The SMILES string of the molecule is O=C(NC1CCCNC1=O)c1nc(Cl)ccc1Cl. The van der Waals surface area contributed by atoms with E-state index in [2.05, 4.69) is 15.6 Å². The number of hydrogen-bond donors (Lipinski definition) is 2. The lowest BCUT2D eigenvalue weighted by Crippen LogP contribution is -2.50. The highest BCUT2D eigenvalue weighted by atomic mass is 35.5. The van der Waals surface area contributed by atoms with Crippen molar-refractivity contribution in [2.75, 3.05) is 6.54 Å². The van der Waals surface area contributed by atoms with Crippen LogP contribution in [0.1, 0.15) is 23.3 Å². The molecule has 0 saturated carbocycles.